The number of aryl methyl sites for hydroxylation is 2. The second-order valence-corrected chi connectivity index (χ2v) is 11.7. The van der Waals surface area contributed by atoms with E-state index in [1.54, 1.807) is 12.1 Å². The number of carboxylic acid groups (broad SMARTS) is 1. The maximum absolute atomic E-state index is 13.6. The van der Waals surface area contributed by atoms with E-state index in [9.17, 15) is 19.2 Å². The van der Waals surface area contributed by atoms with Crippen molar-refractivity contribution >= 4 is 23.9 Å². The van der Waals surface area contributed by atoms with Crippen molar-refractivity contribution in [3.8, 4) is 5.75 Å². The van der Waals surface area contributed by atoms with E-state index in [0.29, 0.717) is 31.7 Å². The zero-order valence-electron chi connectivity index (χ0n) is 27.8. The van der Waals surface area contributed by atoms with E-state index in [1.165, 1.54) is 0 Å². The molecule has 48 heavy (non-hydrogen) atoms. The van der Waals surface area contributed by atoms with Crippen molar-refractivity contribution in [2.75, 3.05) is 13.2 Å². The number of amides is 3. The lowest BCUT2D eigenvalue weighted by molar-refractivity contribution is -0.137. The van der Waals surface area contributed by atoms with Crippen LogP contribution in [0.1, 0.15) is 66.3 Å². The van der Waals surface area contributed by atoms with Crippen molar-refractivity contribution in [3.05, 3.63) is 101 Å². The van der Waals surface area contributed by atoms with Gasteiger partial charge >= 0.3 is 12.1 Å². The van der Waals surface area contributed by atoms with Gasteiger partial charge in [-0.15, -0.1) is 0 Å². The van der Waals surface area contributed by atoms with E-state index >= 15 is 0 Å². The minimum Gasteiger partial charge on any atom is -0.494 e. The molecule has 3 aromatic carbocycles. The molecule has 0 saturated heterocycles. The highest BCUT2D eigenvalue weighted by molar-refractivity contribution is 5.91. The molecular weight excluding hydrogens is 612 g/mol. The van der Waals surface area contributed by atoms with Crippen LogP contribution in [0.15, 0.2) is 72.8 Å². The first-order valence-electron chi connectivity index (χ1n) is 16.4. The summed E-state index contributed by atoms with van der Waals surface area (Å²) in [5.41, 5.74) is 10.3. The van der Waals surface area contributed by atoms with Crippen LogP contribution in [0.3, 0.4) is 0 Å². The van der Waals surface area contributed by atoms with E-state index in [0.717, 1.165) is 40.7 Å². The molecular formula is C37H48N4O7. The average molecular weight is 661 g/mol. The summed E-state index contributed by atoms with van der Waals surface area (Å²) in [5.74, 6) is -1.30. The molecule has 0 aliphatic rings. The highest BCUT2D eigenvalue weighted by Crippen LogP contribution is 2.22. The molecule has 3 rings (SSSR count). The third kappa shape index (κ3) is 13.4. The maximum atomic E-state index is 13.6. The fraction of sp³-hybridized carbons (Fsp3) is 0.405. The van der Waals surface area contributed by atoms with Crippen LogP contribution in [0.5, 0.6) is 5.75 Å². The van der Waals surface area contributed by atoms with Crippen molar-refractivity contribution in [1.29, 1.82) is 0 Å². The molecule has 0 spiro atoms. The molecule has 3 aromatic rings. The monoisotopic (exact) mass is 660 g/mol. The molecule has 11 heteroatoms. The fourth-order valence-corrected chi connectivity index (χ4v) is 5.04. The van der Waals surface area contributed by atoms with Gasteiger partial charge in [0, 0.05) is 13.0 Å². The van der Waals surface area contributed by atoms with Crippen LogP contribution in [-0.4, -0.2) is 54.2 Å². The number of nitrogens with one attached hydrogen (secondary N) is 3. The number of carbonyl (C=O) groups is 4. The zero-order chi connectivity index (χ0) is 34.7. The van der Waals surface area contributed by atoms with Crippen molar-refractivity contribution < 1.29 is 33.8 Å². The van der Waals surface area contributed by atoms with Crippen LogP contribution in [0, 0.1) is 13.8 Å². The lowest BCUT2D eigenvalue weighted by atomic mass is 10.0. The Hall–Kier alpha value is -4.90. The predicted molar refractivity (Wildman–Crippen MR) is 183 cm³/mol. The van der Waals surface area contributed by atoms with Gasteiger partial charge in [0.15, 0.2) is 0 Å². The van der Waals surface area contributed by atoms with Gasteiger partial charge < -0.3 is 36.3 Å². The number of hydrogen-bond donors (Lipinski definition) is 5. The van der Waals surface area contributed by atoms with Crippen molar-refractivity contribution in [3.63, 3.8) is 0 Å². The Morgan fingerprint density at radius 2 is 1.48 bits per heavy atom. The van der Waals surface area contributed by atoms with Gasteiger partial charge in [0.2, 0.25) is 11.8 Å². The first-order chi connectivity index (χ1) is 23.2. The number of hydrogen-bond acceptors (Lipinski definition) is 7. The van der Waals surface area contributed by atoms with Crippen LogP contribution < -0.4 is 26.4 Å². The number of carbonyl (C=O) groups excluding carboxylic acids is 3. The number of ether oxygens (including phenoxy) is 2. The summed E-state index contributed by atoms with van der Waals surface area (Å²) in [4.78, 5) is 51.1. The highest BCUT2D eigenvalue weighted by Gasteiger charge is 2.27. The molecule has 11 nitrogen and oxygen atoms in total. The van der Waals surface area contributed by atoms with Gasteiger partial charge in [-0.2, -0.15) is 0 Å². The number of nitrogens with two attached hydrogens (primary N) is 1. The summed E-state index contributed by atoms with van der Waals surface area (Å²) in [5, 5.41) is 17.5. The van der Waals surface area contributed by atoms with Crippen LogP contribution in [-0.2, 0) is 38.7 Å². The Bertz CT molecular complexity index is 1470. The van der Waals surface area contributed by atoms with Gasteiger partial charge in [-0.25, -0.2) is 4.79 Å². The number of alkyl carbamates (subject to hydrolysis) is 1. The average Bonchev–Trinajstić information content (AvgIpc) is 3.08. The maximum Gasteiger partial charge on any atom is 0.408 e. The third-order valence-corrected chi connectivity index (χ3v) is 7.97. The molecule has 0 heterocycles. The van der Waals surface area contributed by atoms with E-state index in [1.807, 2.05) is 74.5 Å². The topological polar surface area (TPSA) is 169 Å². The summed E-state index contributed by atoms with van der Waals surface area (Å²) in [6, 6.07) is 20.5. The molecule has 0 radical (unpaired) electrons. The molecule has 6 N–H and O–H groups in total. The lowest BCUT2D eigenvalue weighted by Crippen LogP contribution is -2.53. The van der Waals surface area contributed by atoms with Gasteiger partial charge in [0.25, 0.3) is 0 Å². The van der Waals surface area contributed by atoms with Gasteiger partial charge in [-0.05, 0) is 98.9 Å². The van der Waals surface area contributed by atoms with E-state index in [2.05, 4.69) is 16.0 Å². The number of carboxylic acids is 1. The molecule has 0 aromatic heterocycles. The third-order valence-electron chi connectivity index (χ3n) is 7.97. The van der Waals surface area contributed by atoms with Gasteiger partial charge in [0.1, 0.15) is 24.4 Å². The normalized spacial score (nSPS) is 12.0. The Balaban J connectivity index is 1.72. The highest BCUT2D eigenvalue weighted by atomic mass is 16.5. The second-order valence-electron chi connectivity index (χ2n) is 11.7. The van der Waals surface area contributed by atoms with E-state index < -0.39 is 30.1 Å². The molecule has 0 aliphatic carbocycles. The summed E-state index contributed by atoms with van der Waals surface area (Å²) < 4.78 is 11.2. The molecule has 258 valence electrons. The number of benzene rings is 3. The molecule has 3 amide bonds. The largest absolute Gasteiger partial charge is 0.494 e. The van der Waals surface area contributed by atoms with Gasteiger partial charge in [-0.3, -0.25) is 14.4 Å². The number of rotatable bonds is 20. The first-order valence-corrected chi connectivity index (χ1v) is 16.4. The molecule has 0 fully saturated rings. The van der Waals surface area contributed by atoms with Crippen LogP contribution in [0.2, 0.25) is 0 Å². The minimum atomic E-state index is -1.11. The quantitative estimate of drug-likeness (QED) is 0.109. The Morgan fingerprint density at radius 1 is 0.812 bits per heavy atom. The number of unbranched alkanes of at least 4 members (excludes halogenated alkanes) is 1. The number of aliphatic carboxylic acids is 1. The van der Waals surface area contributed by atoms with Gasteiger partial charge in [0.05, 0.1) is 6.61 Å². The standard InChI is InChI=1S/C37H48N4O7/c1-26-22-31(47-21-10-9-20-38)23-30(27(26)2)24-39-35(44)33(19-18-28-12-5-3-6-13-28)40-36(45)32(16-11-17-34(42)43)41-37(46)48-25-29-14-7-4-8-15-29/h3-8,12-15,22-23,32-33H,9-11,16-21,24-25,38H2,1-2H3,(H,39,44)(H,40,45)(H,41,46)(H,42,43)/t32-,33-/m0/s1. The van der Waals surface area contributed by atoms with Gasteiger partial charge in [-0.1, -0.05) is 60.7 Å². The Morgan fingerprint density at radius 3 is 2.15 bits per heavy atom. The second kappa shape index (κ2) is 20.4. The summed E-state index contributed by atoms with van der Waals surface area (Å²) in [6.07, 6.45) is 1.69. The first kappa shape index (κ1) is 37.6. The van der Waals surface area contributed by atoms with Crippen molar-refractivity contribution in [2.45, 2.75) is 84.0 Å². The Labute approximate surface area is 282 Å². The van der Waals surface area contributed by atoms with Crippen molar-refractivity contribution in [1.82, 2.24) is 16.0 Å². The molecule has 0 saturated carbocycles. The van der Waals surface area contributed by atoms with Crippen LogP contribution in [0.4, 0.5) is 4.79 Å². The van der Waals surface area contributed by atoms with Crippen LogP contribution >= 0.6 is 0 Å². The van der Waals surface area contributed by atoms with Crippen LogP contribution in [0.25, 0.3) is 0 Å². The fourth-order valence-electron chi connectivity index (χ4n) is 5.04. The smallest absolute Gasteiger partial charge is 0.408 e. The van der Waals surface area contributed by atoms with E-state index in [4.69, 9.17) is 20.3 Å². The summed E-state index contributed by atoms with van der Waals surface area (Å²) in [7, 11) is 0. The molecule has 0 bridgehead atoms. The summed E-state index contributed by atoms with van der Waals surface area (Å²) >= 11 is 0. The SMILES string of the molecule is Cc1cc(OCCCCN)cc(CNC(=O)[C@H](CCc2ccccc2)NC(=O)[C@H](CCCC(=O)O)NC(=O)OCc2ccccc2)c1C. The summed E-state index contributed by atoms with van der Waals surface area (Å²) in [6.45, 7) is 5.33. The minimum absolute atomic E-state index is 0.00290. The Kier molecular flexibility index (Phi) is 15.9. The molecule has 0 unspecified atom stereocenters. The van der Waals surface area contributed by atoms with Crippen molar-refractivity contribution in [2.24, 2.45) is 5.73 Å². The molecule has 2 atom stereocenters. The zero-order valence-corrected chi connectivity index (χ0v) is 27.8. The lowest BCUT2D eigenvalue weighted by Gasteiger charge is -2.23. The molecule has 0 aliphatic heterocycles. The van der Waals surface area contributed by atoms with E-state index in [-0.39, 0.29) is 38.3 Å². The predicted octanol–water partition coefficient (Wildman–Crippen LogP) is 4.70.